The Labute approximate surface area is 763 Å². The number of nitrogens with one attached hydrogen (secondary N) is 7. The van der Waals surface area contributed by atoms with Crippen LogP contribution < -0.4 is 40.2 Å². The van der Waals surface area contributed by atoms with E-state index in [9.17, 15) is 19.2 Å². The molecule has 0 atom stereocenters. The summed E-state index contributed by atoms with van der Waals surface area (Å²) in [5, 5.41) is 39.2. The van der Waals surface area contributed by atoms with Gasteiger partial charge in [0.05, 0.1) is 48.9 Å². The lowest BCUT2D eigenvalue weighted by Crippen LogP contribution is -2.42. The molecule has 8 aromatic carbocycles. The summed E-state index contributed by atoms with van der Waals surface area (Å²) >= 11 is 47.8. The third-order valence-electron chi connectivity index (χ3n) is 19.4. The maximum absolute atomic E-state index is 12.8. The first kappa shape index (κ1) is 91.8. The zero-order valence-electron chi connectivity index (χ0n) is 67.8. The third kappa shape index (κ3) is 26.8. The number of hydrogen-bond donors (Lipinski definition) is 7. The number of piperidine rings is 1. The number of likely N-dealkylation sites (tertiary alicyclic amines) is 2. The molecule has 7 heterocycles. The van der Waals surface area contributed by atoms with Gasteiger partial charge in [0.2, 0.25) is 0 Å². The highest BCUT2D eigenvalue weighted by atomic mass is 35.5. The Morgan fingerprint density at radius 2 is 0.632 bits per heavy atom. The number of benzene rings is 8. The number of amides is 4. The second kappa shape index (κ2) is 44.8. The van der Waals surface area contributed by atoms with Gasteiger partial charge in [-0.3, -0.25) is 40.4 Å². The molecule has 125 heavy (non-hydrogen) atoms. The van der Waals surface area contributed by atoms with E-state index < -0.39 is 5.91 Å². The minimum atomic E-state index is -0.392. The fraction of sp³-hybridized carbons (Fsp3) is 0.183. The molecule has 12 aromatic rings. The lowest BCUT2D eigenvalue weighted by atomic mass is 10.1. The number of carbonyl (C=O) groups is 4. The summed E-state index contributed by atoms with van der Waals surface area (Å²) in [6.45, 7) is 6.65. The van der Waals surface area contributed by atoms with Gasteiger partial charge in [-0.05, 0) is 169 Å². The van der Waals surface area contributed by atoms with E-state index in [1.807, 2.05) is 123 Å². The molecule has 3 aliphatic heterocycles. The highest BCUT2D eigenvalue weighted by Crippen LogP contribution is 2.32. The molecule has 15 rings (SSSR count). The normalized spacial score (nSPS) is 12.5. The molecule has 7 N–H and O–H groups in total. The van der Waals surface area contributed by atoms with Gasteiger partial charge in [-0.1, -0.05) is 190 Å². The molecule has 0 bridgehead atoms. The number of nitrogens with zero attached hydrogens (tertiary/aromatic N) is 9. The Hall–Kier alpha value is -12.4. The van der Waals surface area contributed by atoms with Gasteiger partial charge in [0, 0.05) is 121 Å². The van der Waals surface area contributed by atoms with Gasteiger partial charge in [0.1, 0.15) is 96.0 Å². The van der Waals surface area contributed by atoms with Crippen molar-refractivity contribution in [2.24, 2.45) is 4.99 Å². The first-order chi connectivity index (χ1) is 60.3. The van der Waals surface area contributed by atoms with Crippen LogP contribution in [0.4, 0.5) is 23.3 Å². The lowest BCUT2D eigenvalue weighted by molar-refractivity contribution is 0.101. The van der Waals surface area contributed by atoms with Crippen LogP contribution in [0.1, 0.15) is 112 Å². The molecule has 2 fully saturated rings. The Morgan fingerprint density at radius 3 is 0.888 bits per heavy atom. The van der Waals surface area contributed by atoms with Crippen molar-refractivity contribution in [1.29, 1.82) is 16.2 Å². The maximum Gasteiger partial charge on any atom is 0.260 e. The van der Waals surface area contributed by atoms with Crippen molar-refractivity contribution >= 4 is 163 Å². The standard InChI is InChI=1S/C25H24Cl2N4O2.2C23H20Cl2N4O2.C22H20Cl2N4O2/c26-19-8-10-22(21(14-19)25(32)30-23-11-9-20(27)15-29-23)33-16-17-4-6-18(7-5-17)24(28)31-12-2-1-3-13-31;1-29-11-10-26-22(29)16-4-2-15(3-5-16)14-31-20-8-6-17(24)12-19(20)23(30)28-21-9-7-18(25)13-27-21;24-17-6-8-20(19(12-17)23(30)28-21-9-7-18(25)13-27-21)31-14-15-2-4-16(5-3-15)22(26)29-10-1-11-29;1-28(2)21(25)15-5-3-14(4-6-15)13-30-19-9-7-16(23)11-18(19)22(29)27-20-10-8-17(24)12-26-20/h4-11,14-15,28H,1-3,12-13,16H2,(H,29,30,32);2-9,12-13H,10-11,14H2,1H3,(H,27,28,30);2-9,12-13,26H,1,10-11,14H2,(H,27,28,30);3-12,25H,13H2,1-2H3,(H,26,27,29). The predicted octanol–water partition coefficient (Wildman–Crippen LogP) is 21.3. The molecule has 0 unspecified atom stereocenters. The molecule has 4 aromatic heterocycles. The molecule has 640 valence electrons. The first-order valence-corrected chi connectivity index (χ1v) is 42.3. The van der Waals surface area contributed by atoms with Crippen LogP contribution in [0.2, 0.25) is 40.2 Å². The van der Waals surface area contributed by atoms with Gasteiger partial charge >= 0.3 is 0 Å². The summed E-state index contributed by atoms with van der Waals surface area (Å²) in [4.78, 5) is 79.9. The number of pyridine rings is 4. The summed E-state index contributed by atoms with van der Waals surface area (Å²) in [5.74, 6) is 4.17. The number of carbonyl (C=O) groups excluding carboxylic acids is 4. The molecule has 0 radical (unpaired) electrons. The number of likely N-dealkylation sites (N-methyl/N-ethyl adjacent to an activating group) is 1. The fourth-order valence-corrected chi connectivity index (χ4v) is 13.7. The molecule has 4 amide bonds. The van der Waals surface area contributed by atoms with E-state index in [1.54, 1.807) is 126 Å². The Bertz CT molecular complexity index is 5820. The molecular formula is C93H84Cl8N16O8. The number of hydrogen-bond acceptors (Lipinski definition) is 17. The summed E-state index contributed by atoms with van der Waals surface area (Å²) in [7, 11) is 5.69. The fourth-order valence-electron chi connectivity index (χ4n) is 12.6. The zero-order chi connectivity index (χ0) is 88.5. The number of amidine groups is 4. The average molecular weight is 1840 g/mol. The summed E-state index contributed by atoms with van der Waals surface area (Å²) in [6, 6.07) is 63.7. The number of ether oxygens (including phenoxy) is 4. The Balaban J connectivity index is 0.000000152. The van der Waals surface area contributed by atoms with Crippen LogP contribution in [0.5, 0.6) is 23.0 Å². The largest absolute Gasteiger partial charge is 0.488 e. The average Bonchev–Trinajstić information content (AvgIpc) is 1.33. The van der Waals surface area contributed by atoms with Crippen molar-refractivity contribution in [2.45, 2.75) is 52.1 Å². The van der Waals surface area contributed by atoms with Crippen LogP contribution in [0.25, 0.3) is 0 Å². The molecular weight excluding hydrogens is 1750 g/mol. The van der Waals surface area contributed by atoms with Crippen LogP contribution in [0.15, 0.2) is 248 Å². The van der Waals surface area contributed by atoms with E-state index in [-0.39, 0.29) is 37.5 Å². The second-order valence-corrected chi connectivity index (χ2v) is 32.2. The van der Waals surface area contributed by atoms with Gasteiger partial charge in [0.15, 0.2) is 0 Å². The minimum Gasteiger partial charge on any atom is -0.488 e. The van der Waals surface area contributed by atoms with Crippen molar-refractivity contribution in [1.82, 2.24) is 39.5 Å². The predicted molar refractivity (Wildman–Crippen MR) is 498 cm³/mol. The molecule has 0 aliphatic carbocycles. The zero-order valence-corrected chi connectivity index (χ0v) is 73.9. The lowest BCUT2D eigenvalue weighted by Gasteiger charge is -2.33. The van der Waals surface area contributed by atoms with E-state index in [0.717, 1.165) is 109 Å². The SMILES string of the molecule is CN(C)C(=N)c1ccc(COc2ccc(Cl)cc2C(=O)Nc2ccc(Cl)cn2)cc1.CN1CCN=C1c1ccc(COc2ccc(Cl)cc2C(=O)Nc2ccc(Cl)cn2)cc1.N=C(c1ccc(COc2ccc(Cl)cc2C(=O)Nc2ccc(Cl)cn2)cc1)N1CCC1.N=C(c1ccc(COc2ccc(Cl)cc2C(=O)Nc2ccc(Cl)cn2)cc1)N1CCCCC1. The molecule has 2 saturated heterocycles. The topological polar surface area (TPSA) is 302 Å². The van der Waals surface area contributed by atoms with Gasteiger partial charge in [0.25, 0.3) is 23.6 Å². The Kier molecular flexibility index (Phi) is 32.9. The number of halogens is 8. The van der Waals surface area contributed by atoms with Crippen LogP contribution in [-0.4, -0.2) is 147 Å². The van der Waals surface area contributed by atoms with E-state index >= 15 is 0 Å². The van der Waals surface area contributed by atoms with Crippen molar-refractivity contribution < 1.29 is 38.1 Å². The van der Waals surface area contributed by atoms with Gasteiger partial charge < -0.3 is 59.8 Å². The highest BCUT2D eigenvalue weighted by molar-refractivity contribution is 6.33. The van der Waals surface area contributed by atoms with E-state index in [0.29, 0.717) is 133 Å². The monoisotopic (exact) mass is 1830 g/mol. The second-order valence-electron chi connectivity index (χ2n) is 28.7. The maximum atomic E-state index is 12.8. The van der Waals surface area contributed by atoms with Crippen molar-refractivity contribution in [3.05, 3.63) is 350 Å². The van der Waals surface area contributed by atoms with Gasteiger partial charge in [-0.2, -0.15) is 0 Å². The molecule has 32 heteroatoms. The number of aliphatic imine (C=N–C) groups is 1. The number of aromatic nitrogens is 4. The van der Waals surface area contributed by atoms with Gasteiger partial charge in [-0.15, -0.1) is 0 Å². The van der Waals surface area contributed by atoms with E-state index in [1.165, 1.54) is 31.2 Å². The third-order valence-corrected chi connectivity index (χ3v) is 21.3. The Morgan fingerprint density at radius 1 is 0.352 bits per heavy atom. The smallest absolute Gasteiger partial charge is 0.260 e. The van der Waals surface area contributed by atoms with Gasteiger partial charge in [-0.25, -0.2) is 19.9 Å². The van der Waals surface area contributed by atoms with Crippen molar-refractivity contribution in [3.63, 3.8) is 0 Å². The van der Waals surface area contributed by atoms with Crippen LogP contribution in [-0.2, 0) is 26.4 Å². The van der Waals surface area contributed by atoms with E-state index in [4.69, 9.17) is 128 Å². The minimum absolute atomic E-state index is 0.261. The first-order valence-electron chi connectivity index (χ1n) is 39.3. The number of anilines is 4. The number of rotatable bonds is 24. The summed E-state index contributed by atoms with van der Waals surface area (Å²) in [5.41, 5.74) is 8.64. The summed E-state index contributed by atoms with van der Waals surface area (Å²) in [6.07, 6.45) is 10.5. The molecule has 0 saturated carbocycles. The van der Waals surface area contributed by atoms with Crippen molar-refractivity contribution in [2.75, 3.05) is 81.7 Å². The summed E-state index contributed by atoms with van der Waals surface area (Å²) < 4.78 is 23.7. The van der Waals surface area contributed by atoms with Crippen LogP contribution in [0.3, 0.4) is 0 Å². The van der Waals surface area contributed by atoms with Crippen LogP contribution in [0, 0.1) is 16.2 Å². The molecule has 24 nitrogen and oxygen atoms in total. The van der Waals surface area contributed by atoms with Crippen LogP contribution >= 0.6 is 92.8 Å². The molecule has 0 spiro atoms. The van der Waals surface area contributed by atoms with Crippen molar-refractivity contribution in [3.8, 4) is 23.0 Å². The highest BCUT2D eigenvalue weighted by Gasteiger charge is 2.24. The molecule has 3 aliphatic rings. The quantitative estimate of drug-likeness (QED) is 0.0218. The van der Waals surface area contributed by atoms with E-state index in [2.05, 4.69) is 56.0 Å².